The molecule has 0 saturated heterocycles. The SMILES string of the molecule is CCCN(c1nccc(C)n1)C1CCC(N)CC1. The second kappa shape index (κ2) is 6.14. The molecule has 2 N–H and O–H groups in total. The summed E-state index contributed by atoms with van der Waals surface area (Å²) in [5.41, 5.74) is 7.02. The molecule has 0 bridgehead atoms. The van der Waals surface area contributed by atoms with E-state index >= 15 is 0 Å². The number of hydrogen-bond acceptors (Lipinski definition) is 4. The van der Waals surface area contributed by atoms with E-state index in [2.05, 4.69) is 21.8 Å². The smallest absolute Gasteiger partial charge is 0.225 e. The van der Waals surface area contributed by atoms with Gasteiger partial charge in [0.05, 0.1) is 0 Å². The topological polar surface area (TPSA) is 55.0 Å². The second-order valence-electron chi connectivity index (χ2n) is 5.26. The summed E-state index contributed by atoms with van der Waals surface area (Å²) in [6, 6.07) is 2.90. The molecule has 0 spiro atoms. The fourth-order valence-corrected chi connectivity index (χ4v) is 2.67. The highest BCUT2D eigenvalue weighted by Gasteiger charge is 2.25. The zero-order valence-electron chi connectivity index (χ0n) is 11.5. The van der Waals surface area contributed by atoms with Crippen molar-refractivity contribution < 1.29 is 0 Å². The highest BCUT2D eigenvalue weighted by molar-refractivity contribution is 5.32. The van der Waals surface area contributed by atoms with Gasteiger partial charge in [-0.05, 0) is 45.1 Å². The number of rotatable bonds is 4. The lowest BCUT2D eigenvalue weighted by atomic mass is 9.91. The number of hydrogen-bond donors (Lipinski definition) is 1. The molecular formula is C14H24N4. The van der Waals surface area contributed by atoms with Crippen LogP contribution in [0.15, 0.2) is 12.3 Å². The van der Waals surface area contributed by atoms with Crippen LogP contribution in [-0.4, -0.2) is 28.6 Å². The van der Waals surface area contributed by atoms with E-state index in [0.717, 1.165) is 37.4 Å². The average Bonchev–Trinajstić information content (AvgIpc) is 2.37. The van der Waals surface area contributed by atoms with Crippen LogP contribution in [0.1, 0.15) is 44.7 Å². The molecular weight excluding hydrogens is 224 g/mol. The van der Waals surface area contributed by atoms with Crippen LogP contribution in [-0.2, 0) is 0 Å². The van der Waals surface area contributed by atoms with E-state index in [1.54, 1.807) is 0 Å². The Morgan fingerprint density at radius 3 is 2.67 bits per heavy atom. The number of nitrogens with zero attached hydrogens (tertiary/aromatic N) is 3. The minimum Gasteiger partial charge on any atom is -0.338 e. The third-order valence-corrected chi connectivity index (χ3v) is 3.69. The molecule has 0 aliphatic heterocycles. The third-order valence-electron chi connectivity index (χ3n) is 3.69. The monoisotopic (exact) mass is 248 g/mol. The lowest BCUT2D eigenvalue weighted by molar-refractivity contribution is 0.372. The van der Waals surface area contributed by atoms with Gasteiger partial charge in [0.25, 0.3) is 0 Å². The van der Waals surface area contributed by atoms with Crippen molar-refractivity contribution in [1.82, 2.24) is 9.97 Å². The molecule has 1 heterocycles. The maximum atomic E-state index is 5.98. The van der Waals surface area contributed by atoms with Gasteiger partial charge in [0, 0.05) is 30.5 Å². The van der Waals surface area contributed by atoms with Gasteiger partial charge in [0.2, 0.25) is 5.95 Å². The number of anilines is 1. The number of aryl methyl sites for hydroxylation is 1. The molecule has 0 aromatic carbocycles. The molecule has 4 heteroatoms. The Bertz CT molecular complexity index is 372. The Kier molecular flexibility index (Phi) is 4.53. The first-order valence-electron chi connectivity index (χ1n) is 7.02. The molecule has 0 atom stereocenters. The van der Waals surface area contributed by atoms with E-state index in [-0.39, 0.29) is 0 Å². The summed E-state index contributed by atoms with van der Waals surface area (Å²) >= 11 is 0. The second-order valence-corrected chi connectivity index (χ2v) is 5.26. The largest absolute Gasteiger partial charge is 0.338 e. The summed E-state index contributed by atoms with van der Waals surface area (Å²) in [6.07, 6.45) is 7.55. The maximum Gasteiger partial charge on any atom is 0.225 e. The van der Waals surface area contributed by atoms with Crippen molar-refractivity contribution in [2.75, 3.05) is 11.4 Å². The van der Waals surface area contributed by atoms with E-state index in [0.29, 0.717) is 12.1 Å². The van der Waals surface area contributed by atoms with Crippen LogP contribution in [0, 0.1) is 6.92 Å². The Balaban J connectivity index is 2.12. The fourth-order valence-electron chi connectivity index (χ4n) is 2.67. The summed E-state index contributed by atoms with van der Waals surface area (Å²) in [5.74, 6) is 0.886. The first-order chi connectivity index (χ1) is 8.70. The molecule has 2 rings (SSSR count). The van der Waals surface area contributed by atoms with Gasteiger partial charge < -0.3 is 10.6 Å². The van der Waals surface area contributed by atoms with Crippen LogP contribution in [0.2, 0.25) is 0 Å². The Morgan fingerprint density at radius 1 is 1.33 bits per heavy atom. The zero-order chi connectivity index (χ0) is 13.0. The van der Waals surface area contributed by atoms with Crippen LogP contribution >= 0.6 is 0 Å². The van der Waals surface area contributed by atoms with Crippen LogP contribution < -0.4 is 10.6 Å². The minimum atomic E-state index is 0.392. The van der Waals surface area contributed by atoms with Gasteiger partial charge in [-0.2, -0.15) is 0 Å². The molecule has 0 amide bonds. The summed E-state index contributed by atoms with van der Waals surface area (Å²) in [6.45, 7) is 5.26. The van der Waals surface area contributed by atoms with Gasteiger partial charge in [-0.3, -0.25) is 0 Å². The van der Waals surface area contributed by atoms with Crippen LogP contribution in [0.5, 0.6) is 0 Å². The van der Waals surface area contributed by atoms with Crippen LogP contribution in [0.4, 0.5) is 5.95 Å². The van der Waals surface area contributed by atoms with E-state index < -0.39 is 0 Å². The Morgan fingerprint density at radius 2 is 2.06 bits per heavy atom. The fraction of sp³-hybridized carbons (Fsp3) is 0.714. The van der Waals surface area contributed by atoms with Crippen molar-refractivity contribution in [2.24, 2.45) is 5.73 Å². The minimum absolute atomic E-state index is 0.392. The van der Waals surface area contributed by atoms with Crippen molar-refractivity contribution in [3.63, 3.8) is 0 Å². The molecule has 4 nitrogen and oxygen atoms in total. The Hall–Kier alpha value is -1.16. The highest BCUT2D eigenvalue weighted by atomic mass is 15.3. The number of nitrogens with two attached hydrogens (primary N) is 1. The van der Waals surface area contributed by atoms with E-state index in [1.165, 1.54) is 12.8 Å². The quantitative estimate of drug-likeness (QED) is 0.888. The van der Waals surface area contributed by atoms with Crippen LogP contribution in [0.25, 0.3) is 0 Å². The summed E-state index contributed by atoms with van der Waals surface area (Å²) < 4.78 is 0. The predicted octanol–water partition coefficient (Wildman–Crippen LogP) is 2.27. The summed E-state index contributed by atoms with van der Waals surface area (Å²) in [7, 11) is 0. The Labute approximate surface area is 110 Å². The van der Waals surface area contributed by atoms with Crippen molar-refractivity contribution in [3.8, 4) is 0 Å². The first kappa shape index (κ1) is 13.3. The van der Waals surface area contributed by atoms with Gasteiger partial charge in [-0.1, -0.05) is 6.92 Å². The van der Waals surface area contributed by atoms with Gasteiger partial charge in [-0.25, -0.2) is 9.97 Å². The molecule has 1 aliphatic rings. The van der Waals surface area contributed by atoms with Crippen molar-refractivity contribution in [3.05, 3.63) is 18.0 Å². The molecule has 0 radical (unpaired) electrons. The van der Waals surface area contributed by atoms with E-state index in [4.69, 9.17) is 5.73 Å². The van der Waals surface area contributed by atoms with Gasteiger partial charge in [-0.15, -0.1) is 0 Å². The van der Waals surface area contributed by atoms with Crippen molar-refractivity contribution >= 4 is 5.95 Å². The standard InChI is InChI=1S/C14H24N4/c1-3-10-18(13-6-4-12(15)5-7-13)14-16-9-8-11(2)17-14/h8-9,12-13H,3-7,10,15H2,1-2H3. The lowest BCUT2D eigenvalue weighted by Gasteiger charge is -2.36. The molecule has 1 aliphatic carbocycles. The summed E-state index contributed by atoms with van der Waals surface area (Å²) in [4.78, 5) is 11.4. The third kappa shape index (κ3) is 3.19. The van der Waals surface area contributed by atoms with E-state index in [1.807, 2.05) is 19.2 Å². The average molecular weight is 248 g/mol. The molecule has 100 valence electrons. The zero-order valence-corrected chi connectivity index (χ0v) is 11.5. The first-order valence-corrected chi connectivity index (χ1v) is 7.02. The van der Waals surface area contributed by atoms with Crippen LogP contribution in [0.3, 0.4) is 0 Å². The molecule has 1 aromatic heterocycles. The van der Waals surface area contributed by atoms with E-state index in [9.17, 15) is 0 Å². The number of aromatic nitrogens is 2. The normalized spacial score (nSPS) is 23.9. The van der Waals surface area contributed by atoms with Gasteiger partial charge in [0.15, 0.2) is 0 Å². The van der Waals surface area contributed by atoms with Crippen molar-refractivity contribution in [2.45, 2.75) is 58.0 Å². The molecule has 1 saturated carbocycles. The molecule has 1 fully saturated rings. The maximum absolute atomic E-state index is 5.98. The van der Waals surface area contributed by atoms with Gasteiger partial charge in [0.1, 0.15) is 0 Å². The lowest BCUT2D eigenvalue weighted by Crippen LogP contribution is -2.42. The molecule has 1 aromatic rings. The highest BCUT2D eigenvalue weighted by Crippen LogP contribution is 2.25. The molecule has 18 heavy (non-hydrogen) atoms. The summed E-state index contributed by atoms with van der Waals surface area (Å²) in [5, 5.41) is 0. The predicted molar refractivity (Wildman–Crippen MR) is 74.6 cm³/mol. The van der Waals surface area contributed by atoms with Gasteiger partial charge >= 0.3 is 0 Å². The van der Waals surface area contributed by atoms with Crippen molar-refractivity contribution in [1.29, 1.82) is 0 Å². The molecule has 0 unspecified atom stereocenters.